The normalized spacial score (nSPS) is 13.5. The van der Waals surface area contributed by atoms with Crippen LogP contribution in [0.15, 0.2) is 42.7 Å². The molecule has 0 unspecified atom stereocenters. The van der Waals surface area contributed by atoms with Crippen LogP contribution in [0.2, 0.25) is 0 Å². The molecule has 2 heterocycles. The number of nitro benzene ring substituents is 1. The highest BCUT2D eigenvalue weighted by Gasteiger charge is 2.37. The van der Waals surface area contributed by atoms with Crippen LogP contribution in [-0.4, -0.2) is 21.7 Å². The number of carbonyl (C=O) groups is 2. The maximum atomic E-state index is 12.2. The van der Waals surface area contributed by atoms with Crippen LogP contribution < -0.4 is 4.90 Å². The molecule has 0 radical (unpaired) electrons. The summed E-state index contributed by atoms with van der Waals surface area (Å²) >= 11 is 0. The Morgan fingerprint density at radius 1 is 1.10 bits per heavy atom. The Balaban J connectivity index is 2.09. The van der Waals surface area contributed by atoms with E-state index in [2.05, 4.69) is 4.98 Å². The third kappa shape index (κ3) is 1.64. The molecular formula is C13H7N3O4. The molecule has 1 aliphatic rings. The highest BCUT2D eigenvalue weighted by Crippen LogP contribution is 2.29. The quantitative estimate of drug-likeness (QED) is 0.470. The van der Waals surface area contributed by atoms with Crippen LogP contribution in [-0.2, 0) is 0 Å². The van der Waals surface area contributed by atoms with Gasteiger partial charge in [0.25, 0.3) is 17.5 Å². The molecular weight excluding hydrogens is 262 g/mol. The number of carbonyl (C=O) groups excluding carboxylic acids is 2. The van der Waals surface area contributed by atoms with Gasteiger partial charge in [0.2, 0.25) is 0 Å². The molecule has 1 aromatic carbocycles. The van der Waals surface area contributed by atoms with Crippen LogP contribution in [0.4, 0.5) is 11.4 Å². The molecule has 98 valence electrons. The van der Waals surface area contributed by atoms with Crippen molar-refractivity contribution in [1.29, 1.82) is 0 Å². The summed E-state index contributed by atoms with van der Waals surface area (Å²) in [6.07, 6.45) is 2.73. The fourth-order valence-corrected chi connectivity index (χ4v) is 2.06. The number of aromatic nitrogens is 1. The zero-order chi connectivity index (χ0) is 14.3. The molecule has 7 nitrogen and oxygen atoms in total. The fraction of sp³-hybridized carbons (Fsp3) is 0. The van der Waals surface area contributed by atoms with E-state index < -0.39 is 16.7 Å². The first-order chi connectivity index (χ1) is 9.59. The summed E-state index contributed by atoms with van der Waals surface area (Å²) < 4.78 is 0. The number of hydrogen-bond donors (Lipinski definition) is 0. The Labute approximate surface area is 112 Å². The predicted molar refractivity (Wildman–Crippen MR) is 68.5 cm³/mol. The number of nitrogens with zero attached hydrogens (tertiary/aromatic N) is 3. The SMILES string of the molecule is O=C1c2ccncc2C(=O)N1c1cccc([N+](=O)[O-])c1. The number of amides is 2. The highest BCUT2D eigenvalue weighted by atomic mass is 16.6. The summed E-state index contributed by atoms with van der Waals surface area (Å²) in [5, 5.41) is 10.8. The van der Waals surface area contributed by atoms with Gasteiger partial charge in [-0.05, 0) is 12.1 Å². The number of imide groups is 1. The molecule has 0 fully saturated rings. The van der Waals surface area contributed by atoms with Crippen LogP contribution >= 0.6 is 0 Å². The lowest BCUT2D eigenvalue weighted by molar-refractivity contribution is -0.384. The first-order valence-corrected chi connectivity index (χ1v) is 5.67. The van der Waals surface area contributed by atoms with Gasteiger partial charge in [0.05, 0.1) is 21.7 Å². The first-order valence-electron chi connectivity index (χ1n) is 5.67. The van der Waals surface area contributed by atoms with Crippen LogP contribution in [0.3, 0.4) is 0 Å². The molecule has 0 spiro atoms. The number of rotatable bonds is 2. The average molecular weight is 269 g/mol. The number of pyridine rings is 1. The van der Waals surface area contributed by atoms with Crippen molar-refractivity contribution in [2.75, 3.05) is 4.90 Å². The minimum absolute atomic E-state index is 0.172. The third-order valence-electron chi connectivity index (χ3n) is 2.99. The van der Waals surface area contributed by atoms with Crippen LogP contribution in [0.1, 0.15) is 20.7 Å². The molecule has 0 N–H and O–H groups in total. The molecule has 0 saturated heterocycles. The van der Waals surface area contributed by atoms with Gasteiger partial charge in [0.15, 0.2) is 0 Å². The number of anilines is 1. The fourth-order valence-electron chi connectivity index (χ4n) is 2.06. The van der Waals surface area contributed by atoms with E-state index in [0.717, 1.165) is 4.90 Å². The minimum Gasteiger partial charge on any atom is -0.268 e. The minimum atomic E-state index is -0.580. The zero-order valence-corrected chi connectivity index (χ0v) is 10.0. The topological polar surface area (TPSA) is 93.4 Å². The van der Waals surface area contributed by atoms with E-state index in [1.165, 1.54) is 42.7 Å². The van der Waals surface area contributed by atoms with E-state index in [9.17, 15) is 19.7 Å². The molecule has 2 amide bonds. The molecule has 0 aliphatic carbocycles. The number of fused-ring (bicyclic) bond motifs is 1. The second-order valence-corrected chi connectivity index (χ2v) is 4.14. The van der Waals surface area contributed by atoms with Crippen molar-refractivity contribution in [3.8, 4) is 0 Å². The summed E-state index contributed by atoms with van der Waals surface area (Å²) in [5.74, 6) is -1.04. The van der Waals surface area contributed by atoms with Crippen LogP contribution in [0, 0.1) is 10.1 Å². The first kappa shape index (κ1) is 12.0. The number of nitro groups is 1. The molecule has 0 bridgehead atoms. The van der Waals surface area contributed by atoms with E-state index in [0.29, 0.717) is 0 Å². The lowest BCUT2D eigenvalue weighted by Gasteiger charge is -2.13. The average Bonchev–Trinajstić information content (AvgIpc) is 2.72. The maximum absolute atomic E-state index is 12.2. The smallest absolute Gasteiger partial charge is 0.268 e. The monoisotopic (exact) mass is 269 g/mol. The van der Waals surface area contributed by atoms with Gasteiger partial charge in [-0.15, -0.1) is 0 Å². The Hall–Kier alpha value is -3.09. The Morgan fingerprint density at radius 3 is 2.55 bits per heavy atom. The van der Waals surface area contributed by atoms with Gasteiger partial charge in [-0.25, -0.2) is 4.90 Å². The summed E-state index contributed by atoms with van der Waals surface area (Å²) in [5.41, 5.74) is 0.433. The summed E-state index contributed by atoms with van der Waals surface area (Å²) in [6, 6.07) is 6.84. The van der Waals surface area contributed by atoms with Crippen molar-refractivity contribution in [2.45, 2.75) is 0 Å². The Kier molecular flexibility index (Phi) is 2.53. The molecule has 1 aliphatic heterocycles. The van der Waals surface area contributed by atoms with Gasteiger partial charge < -0.3 is 0 Å². The molecule has 20 heavy (non-hydrogen) atoms. The maximum Gasteiger partial charge on any atom is 0.271 e. The predicted octanol–water partition coefficient (Wildman–Crippen LogP) is 1.79. The van der Waals surface area contributed by atoms with Crippen molar-refractivity contribution in [1.82, 2.24) is 4.98 Å². The summed E-state index contributed by atoms with van der Waals surface area (Å²) in [7, 11) is 0. The van der Waals surface area contributed by atoms with E-state index in [1.54, 1.807) is 0 Å². The van der Waals surface area contributed by atoms with E-state index in [-0.39, 0.29) is 22.5 Å². The van der Waals surface area contributed by atoms with Gasteiger partial charge in [0, 0.05) is 24.5 Å². The van der Waals surface area contributed by atoms with Gasteiger partial charge in [-0.1, -0.05) is 6.07 Å². The van der Waals surface area contributed by atoms with Crippen molar-refractivity contribution in [2.24, 2.45) is 0 Å². The summed E-state index contributed by atoms with van der Waals surface area (Å²) in [6.45, 7) is 0. The molecule has 3 rings (SSSR count). The van der Waals surface area contributed by atoms with E-state index >= 15 is 0 Å². The molecule has 7 heteroatoms. The standard InChI is InChI=1S/C13H7N3O4/c17-12-10-4-5-14-7-11(10)13(18)15(12)8-2-1-3-9(6-8)16(19)20/h1-7H. The van der Waals surface area contributed by atoms with E-state index in [4.69, 9.17) is 0 Å². The van der Waals surface area contributed by atoms with E-state index in [1.807, 2.05) is 0 Å². The lowest BCUT2D eigenvalue weighted by Crippen LogP contribution is -2.29. The van der Waals surface area contributed by atoms with Gasteiger partial charge in [-0.3, -0.25) is 24.7 Å². The number of benzene rings is 1. The summed E-state index contributed by atoms with van der Waals surface area (Å²) in [4.78, 5) is 39.3. The molecule has 1 aromatic heterocycles. The third-order valence-corrected chi connectivity index (χ3v) is 2.99. The lowest BCUT2D eigenvalue weighted by atomic mass is 10.2. The molecule has 0 saturated carbocycles. The van der Waals surface area contributed by atoms with Crippen molar-refractivity contribution in [3.63, 3.8) is 0 Å². The Bertz CT molecular complexity index is 722. The second kappa shape index (κ2) is 4.23. The van der Waals surface area contributed by atoms with Crippen molar-refractivity contribution < 1.29 is 14.5 Å². The van der Waals surface area contributed by atoms with Crippen LogP contribution in [0.5, 0.6) is 0 Å². The van der Waals surface area contributed by atoms with Gasteiger partial charge in [0.1, 0.15) is 0 Å². The second-order valence-electron chi connectivity index (χ2n) is 4.14. The number of hydrogen-bond acceptors (Lipinski definition) is 5. The highest BCUT2D eigenvalue weighted by molar-refractivity contribution is 6.34. The number of non-ortho nitro benzene ring substituents is 1. The zero-order valence-electron chi connectivity index (χ0n) is 10.0. The van der Waals surface area contributed by atoms with Crippen molar-refractivity contribution >= 4 is 23.2 Å². The van der Waals surface area contributed by atoms with Crippen LogP contribution in [0.25, 0.3) is 0 Å². The molecule has 0 atom stereocenters. The Morgan fingerprint density at radius 2 is 1.85 bits per heavy atom. The largest absolute Gasteiger partial charge is 0.271 e. The molecule has 2 aromatic rings. The van der Waals surface area contributed by atoms with Gasteiger partial charge in [-0.2, -0.15) is 0 Å². The van der Waals surface area contributed by atoms with Gasteiger partial charge >= 0.3 is 0 Å². The van der Waals surface area contributed by atoms with Crippen molar-refractivity contribution in [3.05, 3.63) is 64.0 Å².